The summed E-state index contributed by atoms with van der Waals surface area (Å²) in [7, 11) is 1.63. The Labute approximate surface area is 103 Å². The first-order valence-corrected chi connectivity index (χ1v) is 5.82. The van der Waals surface area contributed by atoms with Crippen LogP contribution in [0.2, 0.25) is 0 Å². The van der Waals surface area contributed by atoms with E-state index < -0.39 is 0 Å². The van der Waals surface area contributed by atoms with Crippen LogP contribution in [0, 0.1) is 0 Å². The molecule has 0 radical (unpaired) electrons. The zero-order valence-electron chi connectivity index (χ0n) is 9.29. The molecule has 1 N–H and O–H groups in total. The minimum atomic E-state index is -0.108. The molecule has 0 aliphatic heterocycles. The van der Waals surface area contributed by atoms with Crippen LogP contribution >= 0.6 is 11.3 Å². The number of aromatic nitrogens is 2. The summed E-state index contributed by atoms with van der Waals surface area (Å²) >= 11 is 1.24. The lowest BCUT2D eigenvalue weighted by atomic mass is 10.2. The monoisotopic (exact) mass is 252 g/mol. The molecule has 0 unspecified atom stereocenters. The summed E-state index contributed by atoms with van der Waals surface area (Å²) in [6.07, 6.45) is 0. The van der Waals surface area contributed by atoms with Gasteiger partial charge in [0.25, 0.3) is 5.19 Å². The summed E-state index contributed by atoms with van der Waals surface area (Å²) in [5, 5.41) is 17.4. The number of ether oxygens (including phenoxy) is 2. The van der Waals surface area contributed by atoms with Crippen LogP contribution in [0.1, 0.15) is 10.6 Å². The maximum absolute atomic E-state index is 8.83. The molecule has 1 aromatic carbocycles. The van der Waals surface area contributed by atoms with Crippen LogP contribution in [-0.2, 0) is 13.2 Å². The Morgan fingerprint density at radius 1 is 1.24 bits per heavy atom. The van der Waals surface area contributed by atoms with Gasteiger partial charge in [0.15, 0.2) is 0 Å². The zero-order valence-corrected chi connectivity index (χ0v) is 10.1. The van der Waals surface area contributed by atoms with Crippen LogP contribution in [0.3, 0.4) is 0 Å². The van der Waals surface area contributed by atoms with E-state index in [-0.39, 0.29) is 6.61 Å². The second-order valence-corrected chi connectivity index (χ2v) is 4.28. The molecule has 0 fully saturated rings. The Morgan fingerprint density at radius 2 is 2.00 bits per heavy atom. The predicted molar refractivity (Wildman–Crippen MR) is 63.2 cm³/mol. The molecule has 2 aromatic rings. The first-order chi connectivity index (χ1) is 8.31. The molecule has 0 bridgehead atoms. The quantitative estimate of drug-likeness (QED) is 0.876. The maximum atomic E-state index is 8.83. The van der Waals surface area contributed by atoms with Crippen molar-refractivity contribution in [2.45, 2.75) is 13.2 Å². The van der Waals surface area contributed by atoms with Crippen molar-refractivity contribution in [2.75, 3.05) is 7.11 Å². The van der Waals surface area contributed by atoms with Gasteiger partial charge in [0.05, 0.1) is 13.7 Å². The third-order valence-electron chi connectivity index (χ3n) is 2.10. The fourth-order valence-electron chi connectivity index (χ4n) is 1.23. The lowest BCUT2D eigenvalue weighted by Gasteiger charge is -2.03. The summed E-state index contributed by atoms with van der Waals surface area (Å²) in [4.78, 5) is 0. The molecule has 0 amide bonds. The summed E-state index contributed by atoms with van der Waals surface area (Å²) in [6.45, 7) is 0.313. The summed E-state index contributed by atoms with van der Waals surface area (Å²) < 4.78 is 10.5. The number of nitrogens with zero attached hydrogens (tertiary/aromatic N) is 2. The number of benzene rings is 1. The molecule has 0 aliphatic carbocycles. The van der Waals surface area contributed by atoms with Gasteiger partial charge in [0.2, 0.25) is 0 Å². The Hall–Kier alpha value is -1.66. The van der Waals surface area contributed by atoms with Crippen molar-refractivity contribution >= 4 is 11.3 Å². The van der Waals surface area contributed by atoms with Gasteiger partial charge in [-0.2, -0.15) is 0 Å². The molecule has 0 saturated heterocycles. The lowest BCUT2D eigenvalue weighted by molar-refractivity contribution is 0.279. The van der Waals surface area contributed by atoms with E-state index in [9.17, 15) is 0 Å². The highest BCUT2D eigenvalue weighted by molar-refractivity contribution is 7.13. The van der Waals surface area contributed by atoms with Crippen LogP contribution in [0.4, 0.5) is 0 Å². The summed E-state index contributed by atoms with van der Waals surface area (Å²) in [6, 6.07) is 7.59. The topological polar surface area (TPSA) is 64.5 Å². The fraction of sp³-hybridized carbons (Fsp3) is 0.273. The largest absolute Gasteiger partial charge is 0.497 e. The van der Waals surface area contributed by atoms with Gasteiger partial charge in [-0.25, -0.2) is 0 Å². The van der Waals surface area contributed by atoms with Crippen molar-refractivity contribution in [3.05, 3.63) is 34.8 Å². The van der Waals surface area contributed by atoms with E-state index in [1.54, 1.807) is 7.11 Å². The van der Waals surface area contributed by atoms with Crippen LogP contribution in [0.15, 0.2) is 24.3 Å². The number of aliphatic hydroxyl groups is 1. The van der Waals surface area contributed by atoms with E-state index in [0.29, 0.717) is 16.8 Å². The molecule has 1 heterocycles. The van der Waals surface area contributed by atoms with Crippen molar-refractivity contribution in [3.8, 4) is 10.9 Å². The smallest absolute Gasteiger partial charge is 0.294 e. The van der Waals surface area contributed by atoms with Gasteiger partial charge in [-0.1, -0.05) is 28.6 Å². The first kappa shape index (κ1) is 11.8. The molecular weight excluding hydrogens is 240 g/mol. The Morgan fingerprint density at radius 3 is 2.59 bits per heavy atom. The number of hydrogen-bond acceptors (Lipinski definition) is 6. The Bertz CT molecular complexity index is 470. The summed E-state index contributed by atoms with van der Waals surface area (Å²) in [5.74, 6) is 0.812. The van der Waals surface area contributed by atoms with E-state index in [4.69, 9.17) is 14.6 Å². The molecule has 6 heteroatoms. The molecular formula is C11H12N2O3S. The SMILES string of the molecule is COc1ccc(COc2nnc(CO)s2)cc1. The maximum Gasteiger partial charge on any atom is 0.294 e. The van der Waals surface area contributed by atoms with E-state index in [2.05, 4.69) is 10.2 Å². The first-order valence-electron chi connectivity index (χ1n) is 5.01. The van der Waals surface area contributed by atoms with Gasteiger partial charge in [-0.3, -0.25) is 0 Å². The van der Waals surface area contributed by atoms with Gasteiger partial charge in [-0.15, -0.1) is 5.10 Å². The molecule has 17 heavy (non-hydrogen) atoms. The molecule has 90 valence electrons. The van der Waals surface area contributed by atoms with Crippen LogP contribution in [0.25, 0.3) is 0 Å². The highest BCUT2D eigenvalue weighted by Gasteiger charge is 2.04. The zero-order chi connectivity index (χ0) is 12.1. The van der Waals surface area contributed by atoms with Crippen molar-refractivity contribution in [1.29, 1.82) is 0 Å². The summed E-state index contributed by atoms with van der Waals surface area (Å²) in [5.41, 5.74) is 1.02. The van der Waals surface area contributed by atoms with Crippen LogP contribution in [-0.4, -0.2) is 22.4 Å². The standard InChI is InChI=1S/C11H12N2O3S/c1-15-9-4-2-8(3-5-9)7-16-11-13-12-10(6-14)17-11/h2-5,14H,6-7H2,1H3. The molecule has 2 rings (SSSR count). The minimum Gasteiger partial charge on any atom is -0.497 e. The fourth-order valence-corrected chi connectivity index (χ4v) is 1.77. The third kappa shape index (κ3) is 3.15. The Kier molecular flexibility index (Phi) is 3.89. The average molecular weight is 252 g/mol. The van der Waals surface area contributed by atoms with Gasteiger partial charge in [-0.05, 0) is 17.7 Å². The highest BCUT2D eigenvalue weighted by atomic mass is 32.1. The van der Waals surface area contributed by atoms with Gasteiger partial charge < -0.3 is 14.6 Å². The second kappa shape index (κ2) is 5.60. The number of aliphatic hydroxyl groups excluding tert-OH is 1. The van der Waals surface area contributed by atoms with Crippen molar-refractivity contribution in [2.24, 2.45) is 0 Å². The van der Waals surface area contributed by atoms with Crippen molar-refractivity contribution < 1.29 is 14.6 Å². The van der Waals surface area contributed by atoms with E-state index in [0.717, 1.165) is 11.3 Å². The number of hydrogen-bond donors (Lipinski definition) is 1. The predicted octanol–water partition coefficient (Wildman–Crippen LogP) is 1.62. The van der Waals surface area contributed by atoms with Gasteiger partial charge in [0, 0.05) is 0 Å². The Balaban J connectivity index is 1.92. The van der Waals surface area contributed by atoms with Crippen molar-refractivity contribution in [1.82, 2.24) is 10.2 Å². The molecule has 1 aromatic heterocycles. The van der Waals surface area contributed by atoms with Gasteiger partial charge >= 0.3 is 0 Å². The van der Waals surface area contributed by atoms with Gasteiger partial charge in [0.1, 0.15) is 17.4 Å². The molecule has 0 spiro atoms. The van der Waals surface area contributed by atoms with E-state index in [1.165, 1.54) is 11.3 Å². The van der Waals surface area contributed by atoms with E-state index >= 15 is 0 Å². The average Bonchev–Trinajstić information content (AvgIpc) is 2.85. The number of rotatable bonds is 5. The highest BCUT2D eigenvalue weighted by Crippen LogP contribution is 2.19. The van der Waals surface area contributed by atoms with Crippen LogP contribution < -0.4 is 9.47 Å². The van der Waals surface area contributed by atoms with Crippen LogP contribution in [0.5, 0.6) is 10.9 Å². The molecule has 0 atom stereocenters. The van der Waals surface area contributed by atoms with Crippen molar-refractivity contribution in [3.63, 3.8) is 0 Å². The number of methoxy groups -OCH3 is 1. The second-order valence-electron chi connectivity index (χ2n) is 3.26. The third-order valence-corrected chi connectivity index (χ3v) is 2.93. The normalized spacial score (nSPS) is 10.2. The molecule has 0 saturated carbocycles. The molecule has 0 aliphatic rings. The molecule has 5 nitrogen and oxygen atoms in total. The van der Waals surface area contributed by atoms with E-state index in [1.807, 2.05) is 24.3 Å². The minimum absolute atomic E-state index is 0.108. The lowest BCUT2D eigenvalue weighted by Crippen LogP contribution is -1.95.